The van der Waals surface area contributed by atoms with Crippen molar-refractivity contribution < 1.29 is 14.3 Å². The van der Waals surface area contributed by atoms with Crippen LogP contribution in [0, 0.1) is 0 Å². The van der Waals surface area contributed by atoms with Gasteiger partial charge in [0, 0.05) is 0 Å². The molecule has 0 unspecified atom stereocenters. The lowest BCUT2D eigenvalue weighted by Gasteiger charge is -2.17. The number of ether oxygens (including phenoxy) is 2. The Morgan fingerprint density at radius 1 is 1.33 bits per heavy atom. The molecule has 0 fully saturated rings. The molecule has 1 atom stereocenters. The van der Waals surface area contributed by atoms with Gasteiger partial charge in [0.05, 0.1) is 6.61 Å². The average molecular weight is 204 g/mol. The highest BCUT2D eigenvalue weighted by molar-refractivity contribution is 5.91. The van der Waals surface area contributed by atoms with E-state index in [4.69, 9.17) is 9.47 Å². The minimum Gasteiger partial charge on any atom is -0.344 e. The molecule has 0 radical (unpaired) electrons. The van der Waals surface area contributed by atoms with E-state index < -0.39 is 6.29 Å². The maximum absolute atomic E-state index is 10.8. The smallest absolute Gasteiger partial charge is 0.181 e. The highest BCUT2D eigenvalue weighted by Gasteiger charge is 2.12. The van der Waals surface area contributed by atoms with Crippen LogP contribution in [0.25, 0.3) is 0 Å². The van der Waals surface area contributed by atoms with Crippen LogP contribution in [0.3, 0.4) is 0 Å². The first-order valence-electron chi connectivity index (χ1n) is 4.83. The lowest BCUT2D eigenvalue weighted by atomic mass is 10.2. The number of hydrogen-bond acceptors (Lipinski definition) is 3. The Hall–Kier alpha value is -1.45. The Bertz CT molecular complexity index is 356. The molecule has 1 heterocycles. The highest BCUT2D eigenvalue weighted by Crippen LogP contribution is 2.08. The van der Waals surface area contributed by atoms with E-state index >= 15 is 0 Å². The summed E-state index contributed by atoms with van der Waals surface area (Å²) in [7, 11) is 0. The van der Waals surface area contributed by atoms with Crippen molar-refractivity contribution in [3.63, 3.8) is 0 Å². The van der Waals surface area contributed by atoms with Crippen molar-refractivity contribution in [2.45, 2.75) is 12.9 Å². The maximum Gasteiger partial charge on any atom is 0.181 e. The van der Waals surface area contributed by atoms with Gasteiger partial charge in [0.25, 0.3) is 0 Å². The van der Waals surface area contributed by atoms with Gasteiger partial charge in [0.1, 0.15) is 6.61 Å². The Balaban J connectivity index is 1.84. The van der Waals surface area contributed by atoms with Gasteiger partial charge in [-0.25, -0.2) is 0 Å². The van der Waals surface area contributed by atoms with Crippen LogP contribution in [0.15, 0.2) is 42.5 Å². The van der Waals surface area contributed by atoms with Gasteiger partial charge >= 0.3 is 0 Å². The van der Waals surface area contributed by atoms with Crippen LogP contribution in [0.1, 0.15) is 5.56 Å². The largest absolute Gasteiger partial charge is 0.344 e. The third-order valence-electron chi connectivity index (χ3n) is 2.09. The van der Waals surface area contributed by atoms with E-state index in [9.17, 15) is 4.79 Å². The van der Waals surface area contributed by atoms with E-state index in [0.717, 1.165) is 5.56 Å². The predicted octanol–water partition coefficient (Wildman–Crippen LogP) is 1.68. The molecule has 1 aromatic rings. The molecule has 0 saturated carbocycles. The summed E-state index contributed by atoms with van der Waals surface area (Å²) in [5, 5.41) is 0. The fourth-order valence-corrected chi connectivity index (χ4v) is 1.31. The van der Waals surface area contributed by atoms with Crippen molar-refractivity contribution in [3.8, 4) is 0 Å². The Morgan fingerprint density at radius 2 is 2.13 bits per heavy atom. The van der Waals surface area contributed by atoms with E-state index in [2.05, 4.69) is 0 Å². The predicted molar refractivity (Wildman–Crippen MR) is 55.1 cm³/mol. The van der Waals surface area contributed by atoms with Crippen LogP contribution in [-0.4, -0.2) is 18.7 Å². The first kappa shape index (κ1) is 10.1. The van der Waals surface area contributed by atoms with E-state index in [0.29, 0.717) is 6.61 Å². The van der Waals surface area contributed by atoms with Crippen LogP contribution in [0.5, 0.6) is 0 Å². The van der Waals surface area contributed by atoms with Gasteiger partial charge in [-0.3, -0.25) is 4.79 Å². The topological polar surface area (TPSA) is 35.5 Å². The van der Waals surface area contributed by atoms with E-state index in [1.807, 2.05) is 30.3 Å². The zero-order valence-corrected chi connectivity index (χ0v) is 8.26. The zero-order valence-electron chi connectivity index (χ0n) is 8.26. The number of benzene rings is 1. The van der Waals surface area contributed by atoms with Crippen LogP contribution < -0.4 is 0 Å². The van der Waals surface area contributed by atoms with Crippen LogP contribution in [0.4, 0.5) is 0 Å². The number of ketones is 1. The molecule has 3 heteroatoms. The third-order valence-corrected chi connectivity index (χ3v) is 2.09. The molecule has 0 N–H and O–H groups in total. The first-order valence-corrected chi connectivity index (χ1v) is 4.83. The van der Waals surface area contributed by atoms with E-state index in [-0.39, 0.29) is 12.4 Å². The van der Waals surface area contributed by atoms with E-state index in [1.165, 1.54) is 6.08 Å². The summed E-state index contributed by atoms with van der Waals surface area (Å²) in [5.74, 6) is -0.0189. The highest BCUT2D eigenvalue weighted by atomic mass is 16.7. The Kier molecular flexibility index (Phi) is 3.27. The fraction of sp³-hybridized carbons (Fsp3) is 0.250. The van der Waals surface area contributed by atoms with Crippen LogP contribution in [0.2, 0.25) is 0 Å². The summed E-state index contributed by atoms with van der Waals surface area (Å²) in [6.07, 6.45) is 2.73. The van der Waals surface area contributed by atoms with Gasteiger partial charge in [-0.1, -0.05) is 30.3 Å². The lowest BCUT2D eigenvalue weighted by Crippen LogP contribution is -2.23. The van der Waals surface area contributed by atoms with Gasteiger partial charge in [-0.2, -0.15) is 0 Å². The summed E-state index contributed by atoms with van der Waals surface area (Å²) in [5.41, 5.74) is 1.09. The molecule has 0 spiro atoms. The summed E-state index contributed by atoms with van der Waals surface area (Å²) in [4.78, 5) is 10.8. The quantitative estimate of drug-likeness (QED) is 0.751. The third kappa shape index (κ3) is 3.01. The van der Waals surface area contributed by atoms with Crippen molar-refractivity contribution >= 4 is 5.78 Å². The molecular weight excluding hydrogens is 192 g/mol. The molecule has 0 aromatic heterocycles. The summed E-state index contributed by atoms with van der Waals surface area (Å²) < 4.78 is 10.6. The van der Waals surface area contributed by atoms with Gasteiger partial charge in [0.2, 0.25) is 0 Å². The molecule has 0 bridgehead atoms. The number of carbonyl (C=O) groups is 1. The molecule has 1 aliphatic heterocycles. The van der Waals surface area contributed by atoms with Crippen molar-refractivity contribution in [2.24, 2.45) is 0 Å². The molecule has 0 saturated heterocycles. The molecular formula is C12H12O3. The number of hydrogen-bond donors (Lipinski definition) is 0. The van der Waals surface area contributed by atoms with Crippen molar-refractivity contribution in [1.29, 1.82) is 0 Å². The van der Waals surface area contributed by atoms with Crippen molar-refractivity contribution in [1.82, 2.24) is 0 Å². The first-order chi connectivity index (χ1) is 7.34. The van der Waals surface area contributed by atoms with Gasteiger partial charge in [0.15, 0.2) is 12.1 Å². The minimum atomic E-state index is -0.400. The lowest BCUT2D eigenvalue weighted by molar-refractivity contribution is -0.145. The van der Waals surface area contributed by atoms with Gasteiger partial charge < -0.3 is 9.47 Å². The molecule has 3 nitrogen and oxygen atoms in total. The maximum atomic E-state index is 10.8. The minimum absolute atomic E-state index is 0.0189. The van der Waals surface area contributed by atoms with Crippen molar-refractivity contribution in [2.75, 3.05) is 6.61 Å². The zero-order chi connectivity index (χ0) is 10.5. The number of rotatable bonds is 3. The summed E-state index contributed by atoms with van der Waals surface area (Å²) >= 11 is 0. The average Bonchev–Trinajstić information content (AvgIpc) is 2.30. The monoisotopic (exact) mass is 204 g/mol. The Labute approximate surface area is 88.3 Å². The second kappa shape index (κ2) is 4.87. The second-order valence-corrected chi connectivity index (χ2v) is 3.30. The molecule has 1 aromatic carbocycles. The Morgan fingerprint density at radius 3 is 2.80 bits per heavy atom. The fourth-order valence-electron chi connectivity index (χ4n) is 1.31. The van der Waals surface area contributed by atoms with Gasteiger partial charge in [-0.15, -0.1) is 0 Å². The molecule has 2 rings (SSSR count). The SMILES string of the molecule is O=C1C=C[C@@H](OCc2ccccc2)OC1. The molecule has 78 valence electrons. The van der Waals surface area contributed by atoms with Crippen molar-refractivity contribution in [3.05, 3.63) is 48.0 Å². The summed E-state index contributed by atoms with van der Waals surface area (Å²) in [6, 6.07) is 9.84. The van der Waals surface area contributed by atoms with Gasteiger partial charge in [-0.05, 0) is 17.7 Å². The molecule has 15 heavy (non-hydrogen) atoms. The molecule has 0 amide bonds. The standard InChI is InChI=1S/C12H12O3/c13-11-6-7-12(15-9-11)14-8-10-4-2-1-3-5-10/h1-7,12H,8-9H2/t12-/m0/s1. The van der Waals surface area contributed by atoms with Crippen LogP contribution >= 0.6 is 0 Å². The second-order valence-electron chi connectivity index (χ2n) is 3.30. The number of carbonyl (C=O) groups excluding carboxylic acids is 1. The van der Waals surface area contributed by atoms with E-state index in [1.54, 1.807) is 6.08 Å². The molecule has 0 aliphatic carbocycles. The summed E-state index contributed by atoms with van der Waals surface area (Å²) in [6.45, 7) is 0.597. The molecule has 1 aliphatic rings. The van der Waals surface area contributed by atoms with Crippen LogP contribution in [-0.2, 0) is 20.9 Å². The normalized spacial score (nSPS) is 20.5.